The number of ether oxygens (including phenoxy) is 6. The van der Waals surface area contributed by atoms with Gasteiger partial charge in [-0.2, -0.15) is 0 Å². The molecule has 2 aliphatic rings. The van der Waals surface area contributed by atoms with E-state index in [0.717, 1.165) is 48.0 Å². The van der Waals surface area contributed by atoms with Crippen LogP contribution in [0.5, 0.6) is 23.0 Å². The summed E-state index contributed by atoms with van der Waals surface area (Å²) >= 11 is 0. The maximum absolute atomic E-state index is 14.1. The van der Waals surface area contributed by atoms with Crippen LogP contribution in [0.3, 0.4) is 0 Å². The molecule has 12 heteroatoms. The molecule has 0 atom stereocenters. The molecule has 0 bridgehead atoms. The van der Waals surface area contributed by atoms with Crippen LogP contribution < -0.4 is 18.9 Å². The van der Waals surface area contributed by atoms with E-state index in [1.165, 1.54) is 0 Å². The number of halogens is 4. The highest BCUT2D eigenvalue weighted by molar-refractivity contribution is 5.92. The Morgan fingerprint density at radius 1 is 0.771 bits per heavy atom. The third-order valence-corrected chi connectivity index (χ3v) is 7.78. The lowest BCUT2D eigenvalue weighted by molar-refractivity contribution is -0.275. The molecule has 0 spiro atoms. The van der Waals surface area contributed by atoms with Crippen molar-refractivity contribution in [2.24, 2.45) is 5.41 Å². The van der Waals surface area contributed by atoms with Crippen LogP contribution >= 0.6 is 0 Å². The average molecular weight is 667 g/mol. The lowest BCUT2D eigenvalue weighted by atomic mass is 9.90. The van der Waals surface area contributed by atoms with E-state index in [1.54, 1.807) is 54.6 Å². The van der Waals surface area contributed by atoms with Gasteiger partial charge in [0.05, 0.1) is 37.6 Å². The Morgan fingerprint density at radius 2 is 1.35 bits per heavy atom. The number of fused-ring (bicyclic) bond motifs is 3. The van der Waals surface area contributed by atoms with Gasteiger partial charge in [0.2, 0.25) is 0 Å². The van der Waals surface area contributed by atoms with Gasteiger partial charge in [0.25, 0.3) is 0 Å². The zero-order chi connectivity index (χ0) is 33.9. The predicted octanol–water partition coefficient (Wildman–Crippen LogP) is 7.56. The molecular weight excluding hydrogens is 636 g/mol. The van der Waals surface area contributed by atoms with Crippen molar-refractivity contribution in [3.8, 4) is 34.1 Å². The van der Waals surface area contributed by atoms with Crippen molar-refractivity contribution in [1.82, 2.24) is 0 Å². The van der Waals surface area contributed by atoms with Gasteiger partial charge in [-0.3, -0.25) is 0 Å². The van der Waals surface area contributed by atoms with Crippen molar-refractivity contribution in [2.75, 3.05) is 33.0 Å². The Hall–Kier alpha value is -4.94. The normalized spacial score (nSPS) is 14.4. The quantitative estimate of drug-likeness (QED) is 0.0584. The van der Waals surface area contributed by atoms with Gasteiger partial charge in [-0.25, -0.2) is 14.0 Å². The van der Waals surface area contributed by atoms with Crippen molar-refractivity contribution < 1.29 is 55.6 Å². The summed E-state index contributed by atoms with van der Waals surface area (Å²) in [6, 6.07) is 19.3. The number of hydrogen-bond donors (Lipinski definition) is 0. The van der Waals surface area contributed by atoms with Crippen molar-refractivity contribution in [3.63, 3.8) is 0 Å². The number of carbonyl (C=O) groups is 2. The molecule has 4 aromatic carbocycles. The van der Waals surface area contributed by atoms with Crippen LogP contribution in [0, 0.1) is 11.2 Å². The summed E-state index contributed by atoms with van der Waals surface area (Å²) in [4.78, 5) is 25.4. The lowest BCUT2D eigenvalue weighted by Crippen LogP contribution is -2.43. The minimum absolute atomic E-state index is 0.118. The summed E-state index contributed by atoms with van der Waals surface area (Å²) in [5, 5.41) is 0. The zero-order valence-corrected chi connectivity index (χ0v) is 25.7. The number of rotatable bonds is 12. The van der Waals surface area contributed by atoms with E-state index in [1.807, 2.05) is 6.07 Å². The smallest absolute Gasteiger partial charge is 0.494 e. The molecule has 1 aliphatic carbocycles. The molecule has 8 nitrogen and oxygen atoms in total. The largest absolute Gasteiger partial charge is 0.573 e. The molecule has 4 aromatic rings. The van der Waals surface area contributed by atoms with Crippen LogP contribution in [0.15, 0.2) is 78.9 Å². The van der Waals surface area contributed by atoms with Gasteiger partial charge in [0.1, 0.15) is 17.2 Å². The molecule has 0 unspecified atom stereocenters. The SMILES string of the molecule is CC1(COCCCOc2ccc(C(=O)Oc3ccc4c(c3)Cc3cc(OC(=O)c5ccc(OC(F)(F)F)c(F)c5)ccc3-4)cc2)COC1. The maximum Gasteiger partial charge on any atom is 0.573 e. The van der Waals surface area contributed by atoms with Gasteiger partial charge in [-0.05, 0) is 95.4 Å². The van der Waals surface area contributed by atoms with E-state index < -0.39 is 29.9 Å². The van der Waals surface area contributed by atoms with Gasteiger partial charge in [-0.15, -0.1) is 13.2 Å². The molecule has 250 valence electrons. The molecule has 48 heavy (non-hydrogen) atoms. The van der Waals surface area contributed by atoms with E-state index in [2.05, 4.69) is 11.7 Å². The van der Waals surface area contributed by atoms with E-state index in [0.29, 0.717) is 55.4 Å². The predicted molar refractivity (Wildman–Crippen MR) is 164 cm³/mol. The molecule has 0 radical (unpaired) electrons. The van der Waals surface area contributed by atoms with Crippen molar-refractivity contribution in [3.05, 3.63) is 107 Å². The second-order valence-corrected chi connectivity index (χ2v) is 11.9. The average Bonchev–Trinajstić information content (AvgIpc) is 3.39. The third kappa shape index (κ3) is 7.95. The van der Waals surface area contributed by atoms with Crippen molar-refractivity contribution in [2.45, 2.75) is 26.1 Å². The second-order valence-electron chi connectivity index (χ2n) is 11.9. The summed E-state index contributed by atoms with van der Waals surface area (Å²) in [5.74, 6) is -2.72. The van der Waals surface area contributed by atoms with Gasteiger partial charge >= 0.3 is 18.3 Å². The first-order chi connectivity index (χ1) is 22.9. The molecule has 0 amide bonds. The molecular formula is C36H30F4O8. The summed E-state index contributed by atoms with van der Waals surface area (Å²) in [7, 11) is 0. The molecule has 0 aromatic heterocycles. The molecule has 1 heterocycles. The van der Waals surface area contributed by atoms with E-state index in [9.17, 15) is 27.2 Å². The Morgan fingerprint density at radius 3 is 1.92 bits per heavy atom. The van der Waals surface area contributed by atoms with Crippen LogP contribution in [-0.4, -0.2) is 51.3 Å². The van der Waals surface area contributed by atoms with E-state index >= 15 is 0 Å². The van der Waals surface area contributed by atoms with Crippen LogP contribution in [0.4, 0.5) is 17.6 Å². The first-order valence-electron chi connectivity index (χ1n) is 15.1. The second kappa shape index (κ2) is 13.7. The third-order valence-electron chi connectivity index (χ3n) is 7.78. The summed E-state index contributed by atoms with van der Waals surface area (Å²) in [6.45, 7) is 5.33. The molecule has 0 saturated carbocycles. The minimum Gasteiger partial charge on any atom is -0.494 e. The molecule has 0 N–H and O–H groups in total. The number of alkyl halides is 3. The Bertz CT molecular complexity index is 1820. The Balaban J connectivity index is 1.000. The number of hydrogen-bond acceptors (Lipinski definition) is 8. The Labute approximate surface area is 273 Å². The van der Waals surface area contributed by atoms with Crippen LogP contribution in [0.1, 0.15) is 45.2 Å². The minimum atomic E-state index is -5.07. The fraction of sp³-hybridized carbons (Fsp3) is 0.278. The molecule has 1 fully saturated rings. The topological polar surface area (TPSA) is 89.5 Å². The Kier molecular flexibility index (Phi) is 9.38. The standard InChI is InChI=1S/C36H30F4O8/c1-35(20-44-21-35)19-43-13-2-14-45-26-6-3-22(4-7-26)33(41)46-27-8-10-29-24(16-27)15-25-17-28(9-11-30(25)29)47-34(42)23-5-12-32(31(37)18-23)48-36(38,39)40/h3-12,16-18H,2,13-15,19-21H2,1H3. The highest BCUT2D eigenvalue weighted by Crippen LogP contribution is 2.40. The highest BCUT2D eigenvalue weighted by atomic mass is 19.4. The zero-order valence-electron chi connectivity index (χ0n) is 25.7. The highest BCUT2D eigenvalue weighted by Gasteiger charge is 2.34. The van der Waals surface area contributed by atoms with Crippen LogP contribution in [-0.2, 0) is 15.9 Å². The summed E-state index contributed by atoms with van der Waals surface area (Å²) in [5.41, 5.74) is 3.74. The van der Waals surface area contributed by atoms with Crippen molar-refractivity contribution in [1.29, 1.82) is 0 Å². The molecule has 1 aliphatic heterocycles. The summed E-state index contributed by atoms with van der Waals surface area (Å²) in [6.07, 6.45) is -3.88. The molecule has 6 rings (SSSR count). The van der Waals surface area contributed by atoms with Gasteiger partial charge < -0.3 is 28.4 Å². The fourth-order valence-corrected chi connectivity index (χ4v) is 5.35. The fourth-order valence-electron chi connectivity index (χ4n) is 5.35. The monoisotopic (exact) mass is 666 g/mol. The first-order valence-corrected chi connectivity index (χ1v) is 15.1. The van der Waals surface area contributed by atoms with Gasteiger partial charge in [0, 0.05) is 18.4 Å². The number of carbonyl (C=O) groups excluding carboxylic acids is 2. The lowest BCUT2D eigenvalue weighted by Gasteiger charge is -2.37. The maximum atomic E-state index is 14.1. The van der Waals surface area contributed by atoms with Gasteiger partial charge in [0.15, 0.2) is 11.6 Å². The van der Waals surface area contributed by atoms with E-state index in [4.69, 9.17) is 23.7 Å². The van der Waals surface area contributed by atoms with E-state index in [-0.39, 0.29) is 16.7 Å². The van der Waals surface area contributed by atoms with Crippen molar-refractivity contribution >= 4 is 11.9 Å². The molecule has 1 saturated heterocycles. The summed E-state index contributed by atoms with van der Waals surface area (Å²) < 4.78 is 82.5. The van der Waals surface area contributed by atoms with Gasteiger partial charge in [-0.1, -0.05) is 19.1 Å². The first kappa shape index (κ1) is 33.0. The number of benzene rings is 4. The van der Waals surface area contributed by atoms with Crippen LogP contribution in [0.2, 0.25) is 0 Å². The number of esters is 2. The van der Waals surface area contributed by atoms with Crippen LogP contribution in [0.25, 0.3) is 11.1 Å².